The molecule has 1 heterocycles. The molecule has 0 spiro atoms. The standard InChI is InChI=1S/C19H15F3N2O4S/c20-19(21,22)28-12-7-5-11(6-8-12)24-18(27)17(26)23-9-15(25)14-10-29-16-4-2-1-3-13(14)16/h1-8,10,15,25H,9H2,(H,23,26)(H,24,27)/t15-/m1/s1. The van der Waals surface area contributed by atoms with E-state index in [1.807, 2.05) is 24.3 Å². The summed E-state index contributed by atoms with van der Waals surface area (Å²) < 4.78 is 41.1. The van der Waals surface area contributed by atoms with E-state index >= 15 is 0 Å². The van der Waals surface area contributed by atoms with Crippen LogP contribution in [0, 0.1) is 0 Å². The van der Waals surface area contributed by atoms with Gasteiger partial charge in [0, 0.05) is 22.5 Å². The van der Waals surface area contributed by atoms with Crippen LogP contribution in [0.15, 0.2) is 53.9 Å². The number of aliphatic hydroxyl groups excluding tert-OH is 1. The van der Waals surface area contributed by atoms with Gasteiger partial charge in [0.15, 0.2) is 0 Å². The molecule has 10 heteroatoms. The minimum absolute atomic E-state index is 0.115. The van der Waals surface area contributed by atoms with Crippen LogP contribution in [0.5, 0.6) is 5.75 Å². The fourth-order valence-electron chi connectivity index (χ4n) is 2.56. The van der Waals surface area contributed by atoms with Gasteiger partial charge in [0.05, 0.1) is 6.10 Å². The summed E-state index contributed by atoms with van der Waals surface area (Å²) in [6.45, 7) is -0.175. The topological polar surface area (TPSA) is 87.7 Å². The lowest BCUT2D eigenvalue weighted by atomic mass is 10.1. The van der Waals surface area contributed by atoms with E-state index in [9.17, 15) is 27.9 Å². The number of thiophene rings is 1. The quantitative estimate of drug-likeness (QED) is 0.547. The van der Waals surface area contributed by atoms with Crippen LogP contribution in [0.3, 0.4) is 0 Å². The average Bonchev–Trinajstić information content (AvgIpc) is 3.10. The van der Waals surface area contributed by atoms with Crippen LogP contribution in [0.1, 0.15) is 11.7 Å². The molecule has 3 aromatic rings. The summed E-state index contributed by atoms with van der Waals surface area (Å²) in [5.74, 6) is -2.46. The third-order valence-corrected chi connectivity index (χ3v) is 4.86. The molecular formula is C19H15F3N2O4S. The number of benzene rings is 2. The van der Waals surface area contributed by atoms with Crippen molar-refractivity contribution < 1.29 is 32.6 Å². The first-order valence-electron chi connectivity index (χ1n) is 8.32. The fraction of sp³-hybridized carbons (Fsp3) is 0.158. The molecule has 0 unspecified atom stereocenters. The lowest BCUT2D eigenvalue weighted by Gasteiger charge is -2.12. The van der Waals surface area contributed by atoms with Gasteiger partial charge in [-0.25, -0.2) is 0 Å². The number of carbonyl (C=O) groups is 2. The van der Waals surface area contributed by atoms with Gasteiger partial charge in [-0.3, -0.25) is 9.59 Å². The number of aliphatic hydroxyl groups is 1. The molecule has 2 aromatic carbocycles. The lowest BCUT2D eigenvalue weighted by molar-refractivity contribution is -0.274. The first kappa shape index (κ1) is 20.6. The number of halogens is 3. The maximum atomic E-state index is 12.1. The SMILES string of the molecule is O=C(NC[C@@H](O)c1csc2ccccc12)C(=O)Nc1ccc(OC(F)(F)F)cc1. The summed E-state index contributed by atoms with van der Waals surface area (Å²) in [5.41, 5.74) is 0.760. The minimum Gasteiger partial charge on any atom is -0.406 e. The van der Waals surface area contributed by atoms with Crippen LogP contribution in [-0.4, -0.2) is 29.8 Å². The van der Waals surface area contributed by atoms with Crippen molar-refractivity contribution in [3.8, 4) is 5.75 Å². The number of anilines is 1. The summed E-state index contributed by atoms with van der Waals surface area (Å²) in [6.07, 6.45) is -5.82. The molecule has 2 amide bonds. The van der Waals surface area contributed by atoms with Crippen LogP contribution in [0.2, 0.25) is 0 Å². The summed E-state index contributed by atoms with van der Waals surface area (Å²) in [7, 11) is 0. The molecule has 0 radical (unpaired) electrons. The maximum absolute atomic E-state index is 12.1. The van der Waals surface area contributed by atoms with Crippen molar-refractivity contribution in [2.75, 3.05) is 11.9 Å². The molecule has 1 atom stereocenters. The second-order valence-corrected chi connectivity index (χ2v) is 6.85. The third-order valence-electron chi connectivity index (χ3n) is 3.88. The second kappa shape index (κ2) is 8.50. The highest BCUT2D eigenvalue weighted by atomic mass is 32.1. The van der Waals surface area contributed by atoms with E-state index < -0.39 is 30.0 Å². The molecule has 0 saturated heterocycles. The van der Waals surface area contributed by atoms with Crippen molar-refractivity contribution in [2.45, 2.75) is 12.5 Å². The zero-order chi connectivity index (χ0) is 21.0. The number of carbonyl (C=O) groups excluding carboxylic acids is 2. The van der Waals surface area contributed by atoms with E-state index in [1.165, 1.54) is 23.5 Å². The number of hydrogen-bond donors (Lipinski definition) is 3. The molecule has 0 aliphatic carbocycles. The molecule has 29 heavy (non-hydrogen) atoms. The molecule has 1 aromatic heterocycles. The molecule has 0 aliphatic rings. The van der Waals surface area contributed by atoms with Crippen LogP contribution < -0.4 is 15.4 Å². The smallest absolute Gasteiger partial charge is 0.406 e. The van der Waals surface area contributed by atoms with Gasteiger partial charge in [0.2, 0.25) is 0 Å². The fourth-order valence-corrected chi connectivity index (χ4v) is 3.57. The Hall–Kier alpha value is -3.11. The van der Waals surface area contributed by atoms with Gasteiger partial charge in [-0.1, -0.05) is 18.2 Å². The van der Waals surface area contributed by atoms with Crippen LogP contribution in [0.25, 0.3) is 10.1 Å². The molecule has 6 nitrogen and oxygen atoms in total. The van der Waals surface area contributed by atoms with Crippen molar-refractivity contribution in [1.29, 1.82) is 0 Å². The largest absolute Gasteiger partial charge is 0.573 e. The molecule has 0 fully saturated rings. The maximum Gasteiger partial charge on any atom is 0.573 e. The van der Waals surface area contributed by atoms with Crippen LogP contribution >= 0.6 is 11.3 Å². The second-order valence-electron chi connectivity index (χ2n) is 5.94. The highest BCUT2D eigenvalue weighted by Gasteiger charge is 2.31. The molecule has 0 bridgehead atoms. The summed E-state index contributed by atoms with van der Waals surface area (Å²) in [5, 5.41) is 17.5. The Labute approximate surface area is 166 Å². The van der Waals surface area contributed by atoms with E-state index in [0.29, 0.717) is 5.56 Å². The van der Waals surface area contributed by atoms with E-state index in [0.717, 1.165) is 22.2 Å². The zero-order valence-corrected chi connectivity index (χ0v) is 15.5. The van der Waals surface area contributed by atoms with Gasteiger partial charge in [0.25, 0.3) is 0 Å². The Bertz CT molecular complexity index is 1020. The Morgan fingerprint density at radius 2 is 1.76 bits per heavy atom. The first-order valence-corrected chi connectivity index (χ1v) is 9.20. The molecule has 3 rings (SSSR count). The Kier molecular flexibility index (Phi) is 6.04. The molecule has 3 N–H and O–H groups in total. The van der Waals surface area contributed by atoms with Gasteiger partial charge >= 0.3 is 18.2 Å². The van der Waals surface area contributed by atoms with Gasteiger partial charge < -0.3 is 20.5 Å². The average molecular weight is 424 g/mol. The minimum atomic E-state index is -4.82. The number of alkyl halides is 3. The third kappa shape index (κ3) is 5.46. The molecule has 152 valence electrons. The van der Waals surface area contributed by atoms with Crippen LogP contribution in [-0.2, 0) is 9.59 Å². The van der Waals surface area contributed by atoms with Crippen molar-refractivity contribution >= 4 is 38.9 Å². The highest BCUT2D eigenvalue weighted by Crippen LogP contribution is 2.30. The normalized spacial score (nSPS) is 12.4. The predicted octanol–water partition coefficient (Wildman–Crippen LogP) is 3.59. The number of nitrogens with one attached hydrogen (secondary N) is 2. The Morgan fingerprint density at radius 1 is 1.07 bits per heavy atom. The summed E-state index contributed by atoms with van der Waals surface area (Å²) in [4.78, 5) is 23.9. The number of ether oxygens (including phenoxy) is 1. The number of hydrogen-bond acceptors (Lipinski definition) is 5. The van der Waals surface area contributed by atoms with E-state index in [4.69, 9.17) is 0 Å². The Morgan fingerprint density at radius 3 is 2.45 bits per heavy atom. The zero-order valence-electron chi connectivity index (χ0n) is 14.7. The Balaban J connectivity index is 1.53. The predicted molar refractivity (Wildman–Crippen MR) is 102 cm³/mol. The van der Waals surface area contributed by atoms with Crippen molar-refractivity contribution in [2.24, 2.45) is 0 Å². The van der Waals surface area contributed by atoms with Gasteiger partial charge in [-0.2, -0.15) is 0 Å². The molecule has 0 aliphatic heterocycles. The van der Waals surface area contributed by atoms with Crippen molar-refractivity contribution in [3.05, 3.63) is 59.5 Å². The monoisotopic (exact) mass is 424 g/mol. The number of rotatable bonds is 5. The molecule has 0 saturated carbocycles. The van der Waals surface area contributed by atoms with Gasteiger partial charge in [0.1, 0.15) is 5.75 Å². The van der Waals surface area contributed by atoms with Gasteiger partial charge in [-0.05, 0) is 41.1 Å². The first-order chi connectivity index (χ1) is 13.7. The van der Waals surface area contributed by atoms with E-state index in [2.05, 4.69) is 15.4 Å². The highest BCUT2D eigenvalue weighted by molar-refractivity contribution is 7.17. The summed E-state index contributed by atoms with van der Waals surface area (Å²) >= 11 is 1.46. The lowest BCUT2D eigenvalue weighted by Crippen LogP contribution is -2.37. The number of fused-ring (bicyclic) bond motifs is 1. The van der Waals surface area contributed by atoms with Crippen molar-refractivity contribution in [3.63, 3.8) is 0 Å². The van der Waals surface area contributed by atoms with E-state index in [1.54, 1.807) is 5.38 Å². The molecular weight excluding hydrogens is 409 g/mol. The summed E-state index contributed by atoms with van der Waals surface area (Å²) in [6, 6.07) is 11.8. The van der Waals surface area contributed by atoms with Crippen molar-refractivity contribution in [1.82, 2.24) is 5.32 Å². The van der Waals surface area contributed by atoms with Gasteiger partial charge in [-0.15, -0.1) is 24.5 Å². The number of amides is 2. The van der Waals surface area contributed by atoms with E-state index in [-0.39, 0.29) is 12.2 Å². The van der Waals surface area contributed by atoms with Crippen LogP contribution in [0.4, 0.5) is 18.9 Å².